The van der Waals surface area contributed by atoms with Gasteiger partial charge in [0.2, 0.25) is 5.91 Å². The molecule has 1 aromatic carbocycles. The lowest BCUT2D eigenvalue weighted by atomic mass is 10.1. The smallest absolute Gasteiger partial charge is 0.222 e. The third-order valence-electron chi connectivity index (χ3n) is 4.98. The van der Waals surface area contributed by atoms with Crippen molar-refractivity contribution in [1.82, 2.24) is 10.2 Å². The molecule has 0 unspecified atom stereocenters. The molecule has 1 saturated heterocycles. The number of carbonyl (C=O) groups excluding carboxylic acids is 1. The normalized spacial score (nSPS) is 30.4. The summed E-state index contributed by atoms with van der Waals surface area (Å²) >= 11 is 0. The average Bonchev–Trinajstić information content (AvgIpc) is 2.91. The van der Waals surface area contributed by atoms with Crippen molar-refractivity contribution < 1.29 is 19.4 Å². The minimum Gasteiger partial charge on any atom is -0.488 e. The zero-order valence-corrected chi connectivity index (χ0v) is 14.9. The first-order valence-corrected chi connectivity index (χ1v) is 9.08. The highest BCUT2D eigenvalue weighted by Crippen LogP contribution is 2.30. The predicted octanol–water partition coefficient (Wildman–Crippen LogP) is 1.04. The first kappa shape index (κ1) is 18.2. The van der Waals surface area contributed by atoms with E-state index in [1.165, 1.54) is 0 Å². The van der Waals surface area contributed by atoms with Gasteiger partial charge in [-0.2, -0.15) is 0 Å². The highest BCUT2D eigenvalue weighted by atomic mass is 16.5. The molecule has 1 saturated carbocycles. The fourth-order valence-corrected chi connectivity index (χ4v) is 3.62. The van der Waals surface area contributed by atoms with Crippen LogP contribution in [-0.2, 0) is 9.53 Å². The molecular formula is C19H28N2O4. The van der Waals surface area contributed by atoms with Gasteiger partial charge in [0, 0.05) is 25.4 Å². The minimum absolute atomic E-state index is 0.0100. The van der Waals surface area contributed by atoms with Crippen molar-refractivity contribution in [3.8, 4) is 5.75 Å². The van der Waals surface area contributed by atoms with Gasteiger partial charge < -0.3 is 19.9 Å². The summed E-state index contributed by atoms with van der Waals surface area (Å²) in [4.78, 5) is 14.4. The molecule has 2 N–H and O–H groups in total. The Bertz CT molecular complexity index is 560. The SMILES string of the molecule is CC(C)C(=O)N[C@@H]1C[C@@H](Oc2ccccc2)[C@H](O)[C@H]1N1CCOCC1. The van der Waals surface area contributed by atoms with Crippen LogP contribution in [0.2, 0.25) is 0 Å². The number of aliphatic hydroxyl groups excluding tert-OH is 1. The summed E-state index contributed by atoms with van der Waals surface area (Å²) in [5, 5.41) is 14.0. The first-order chi connectivity index (χ1) is 12.1. The van der Waals surface area contributed by atoms with Crippen LogP contribution in [0.3, 0.4) is 0 Å². The van der Waals surface area contributed by atoms with Crippen molar-refractivity contribution in [2.24, 2.45) is 5.92 Å². The molecule has 6 nitrogen and oxygen atoms in total. The Morgan fingerprint density at radius 1 is 1.28 bits per heavy atom. The molecule has 1 heterocycles. The van der Waals surface area contributed by atoms with Crippen molar-refractivity contribution in [2.75, 3.05) is 26.3 Å². The topological polar surface area (TPSA) is 71.0 Å². The maximum Gasteiger partial charge on any atom is 0.222 e. The average molecular weight is 348 g/mol. The predicted molar refractivity (Wildman–Crippen MR) is 94.4 cm³/mol. The lowest BCUT2D eigenvalue weighted by Gasteiger charge is -2.37. The number of hydrogen-bond donors (Lipinski definition) is 2. The van der Waals surface area contributed by atoms with Gasteiger partial charge in [-0.15, -0.1) is 0 Å². The third kappa shape index (κ3) is 4.32. The largest absolute Gasteiger partial charge is 0.488 e. The van der Waals surface area contributed by atoms with E-state index in [1.807, 2.05) is 44.2 Å². The first-order valence-electron chi connectivity index (χ1n) is 9.08. The van der Waals surface area contributed by atoms with E-state index in [2.05, 4.69) is 10.2 Å². The molecule has 1 aromatic rings. The Morgan fingerprint density at radius 2 is 1.96 bits per heavy atom. The van der Waals surface area contributed by atoms with Crippen LogP contribution < -0.4 is 10.1 Å². The monoisotopic (exact) mass is 348 g/mol. The summed E-state index contributed by atoms with van der Waals surface area (Å²) in [6.07, 6.45) is -0.403. The summed E-state index contributed by atoms with van der Waals surface area (Å²) in [5.74, 6) is 0.663. The molecule has 25 heavy (non-hydrogen) atoms. The van der Waals surface area contributed by atoms with Gasteiger partial charge in [-0.25, -0.2) is 0 Å². The van der Waals surface area contributed by atoms with Crippen LogP contribution in [0.5, 0.6) is 5.75 Å². The van der Waals surface area contributed by atoms with E-state index in [0.717, 1.165) is 18.8 Å². The van der Waals surface area contributed by atoms with Crippen molar-refractivity contribution in [2.45, 2.75) is 44.6 Å². The maximum atomic E-state index is 12.2. The molecule has 6 heteroatoms. The molecule has 3 rings (SSSR count). The number of benzene rings is 1. The van der Waals surface area contributed by atoms with Crippen LogP contribution in [0.1, 0.15) is 20.3 Å². The minimum atomic E-state index is -0.657. The van der Waals surface area contributed by atoms with Gasteiger partial charge in [0.1, 0.15) is 18.0 Å². The number of hydrogen-bond acceptors (Lipinski definition) is 5. The highest BCUT2D eigenvalue weighted by molar-refractivity contribution is 5.78. The quantitative estimate of drug-likeness (QED) is 0.832. The van der Waals surface area contributed by atoms with E-state index in [-0.39, 0.29) is 30.0 Å². The van der Waals surface area contributed by atoms with Gasteiger partial charge in [-0.05, 0) is 12.1 Å². The molecular weight excluding hydrogens is 320 g/mol. The molecule has 1 aliphatic carbocycles. The Kier molecular flexibility index (Phi) is 5.93. The van der Waals surface area contributed by atoms with Crippen LogP contribution in [0, 0.1) is 5.92 Å². The fraction of sp³-hybridized carbons (Fsp3) is 0.632. The highest BCUT2D eigenvalue weighted by Gasteiger charge is 2.47. The molecule has 1 amide bonds. The summed E-state index contributed by atoms with van der Waals surface area (Å²) in [5.41, 5.74) is 0. The van der Waals surface area contributed by atoms with Crippen LogP contribution in [-0.4, -0.2) is 66.5 Å². The number of ether oxygens (including phenoxy) is 2. The summed E-state index contributed by atoms with van der Waals surface area (Å²) in [7, 11) is 0. The van der Waals surface area contributed by atoms with E-state index in [4.69, 9.17) is 9.47 Å². The van der Waals surface area contributed by atoms with Crippen molar-refractivity contribution in [3.63, 3.8) is 0 Å². The van der Waals surface area contributed by atoms with Gasteiger partial charge in [0.25, 0.3) is 0 Å². The molecule has 0 bridgehead atoms. The van der Waals surface area contributed by atoms with E-state index < -0.39 is 6.10 Å². The zero-order chi connectivity index (χ0) is 17.8. The van der Waals surface area contributed by atoms with Crippen molar-refractivity contribution in [1.29, 1.82) is 0 Å². The number of nitrogens with one attached hydrogen (secondary N) is 1. The van der Waals surface area contributed by atoms with Crippen LogP contribution in [0.25, 0.3) is 0 Å². The molecule has 4 atom stereocenters. The second-order valence-electron chi connectivity index (χ2n) is 7.10. The number of para-hydroxylation sites is 1. The second kappa shape index (κ2) is 8.17. The third-order valence-corrected chi connectivity index (χ3v) is 4.98. The van der Waals surface area contributed by atoms with E-state index in [1.54, 1.807) is 0 Å². The van der Waals surface area contributed by atoms with Crippen LogP contribution in [0.4, 0.5) is 0 Å². The van der Waals surface area contributed by atoms with Crippen molar-refractivity contribution in [3.05, 3.63) is 30.3 Å². The molecule has 0 spiro atoms. The number of morpholine rings is 1. The number of amides is 1. The number of nitrogens with zero attached hydrogens (tertiary/aromatic N) is 1. The summed E-state index contributed by atoms with van der Waals surface area (Å²) < 4.78 is 11.5. The lowest BCUT2D eigenvalue weighted by molar-refractivity contribution is -0.125. The molecule has 138 valence electrons. The Morgan fingerprint density at radius 3 is 2.60 bits per heavy atom. The van der Waals surface area contributed by atoms with Gasteiger partial charge in [-0.1, -0.05) is 32.0 Å². The molecule has 0 radical (unpaired) electrons. The second-order valence-corrected chi connectivity index (χ2v) is 7.10. The molecule has 0 aromatic heterocycles. The Labute approximate surface area is 149 Å². The van der Waals surface area contributed by atoms with E-state index >= 15 is 0 Å². The van der Waals surface area contributed by atoms with Gasteiger partial charge in [0.05, 0.1) is 25.3 Å². The number of aliphatic hydroxyl groups is 1. The van der Waals surface area contributed by atoms with E-state index in [9.17, 15) is 9.90 Å². The lowest BCUT2D eigenvalue weighted by Crippen LogP contribution is -2.56. The number of carbonyl (C=O) groups is 1. The maximum absolute atomic E-state index is 12.2. The van der Waals surface area contributed by atoms with E-state index in [0.29, 0.717) is 19.6 Å². The summed E-state index contributed by atoms with van der Waals surface area (Å²) in [6.45, 7) is 6.57. The van der Waals surface area contributed by atoms with Crippen molar-refractivity contribution >= 4 is 5.91 Å². The van der Waals surface area contributed by atoms with Crippen LogP contribution >= 0.6 is 0 Å². The Balaban J connectivity index is 1.74. The Hall–Kier alpha value is -1.63. The molecule has 2 fully saturated rings. The van der Waals surface area contributed by atoms with Gasteiger partial charge in [-0.3, -0.25) is 9.69 Å². The molecule has 1 aliphatic heterocycles. The molecule has 2 aliphatic rings. The van der Waals surface area contributed by atoms with Crippen LogP contribution in [0.15, 0.2) is 30.3 Å². The fourth-order valence-electron chi connectivity index (χ4n) is 3.62. The zero-order valence-electron chi connectivity index (χ0n) is 14.9. The summed E-state index contributed by atoms with van der Waals surface area (Å²) in [6, 6.07) is 9.24. The standard InChI is InChI=1S/C19H28N2O4/c1-13(2)19(23)20-15-12-16(25-14-6-4-3-5-7-14)18(22)17(15)21-8-10-24-11-9-21/h3-7,13,15-18,22H,8-12H2,1-2H3,(H,20,23)/t15-,16-,17+,18+/m1/s1. The number of rotatable bonds is 5. The van der Waals surface area contributed by atoms with Gasteiger partial charge in [0.15, 0.2) is 0 Å². The van der Waals surface area contributed by atoms with Gasteiger partial charge >= 0.3 is 0 Å².